The normalized spacial score (nSPS) is 19.7. The molecule has 10 nitrogen and oxygen atoms in total. The van der Waals surface area contributed by atoms with Gasteiger partial charge in [-0.15, -0.1) is 0 Å². The van der Waals surface area contributed by atoms with E-state index < -0.39 is 5.79 Å². The molecular weight excluding hydrogens is 458 g/mol. The molecule has 1 aromatic heterocycles. The highest BCUT2D eigenvalue weighted by atomic mass is 35.5. The minimum Gasteiger partial charge on any atom is -0.401 e. The molecule has 180 valence electrons. The second-order valence-corrected chi connectivity index (χ2v) is 8.29. The number of allylic oxidation sites excluding steroid dienone is 2. The lowest BCUT2D eigenvalue weighted by atomic mass is 10.0. The molecule has 0 bridgehead atoms. The van der Waals surface area contributed by atoms with Crippen LogP contribution < -0.4 is 22.5 Å². The third-order valence-corrected chi connectivity index (χ3v) is 5.78. The minimum atomic E-state index is -0.586. The predicted octanol–water partition coefficient (Wildman–Crippen LogP) is 2.63. The Kier molecular flexibility index (Phi) is 8.17. The van der Waals surface area contributed by atoms with Crippen LogP contribution in [-0.2, 0) is 14.3 Å². The van der Waals surface area contributed by atoms with Crippen molar-refractivity contribution in [2.24, 2.45) is 17.2 Å². The zero-order chi connectivity index (χ0) is 24.7. The summed E-state index contributed by atoms with van der Waals surface area (Å²) in [6, 6.07) is 7.87. The van der Waals surface area contributed by atoms with Gasteiger partial charge in [0.15, 0.2) is 5.79 Å². The Labute approximate surface area is 202 Å². The van der Waals surface area contributed by atoms with Gasteiger partial charge in [0.1, 0.15) is 17.3 Å². The lowest BCUT2D eigenvalue weighted by Gasteiger charge is -2.29. The summed E-state index contributed by atoms with van der Waals surface area (Å²) in [4.78, 5) is 8.58. The zero-order valence-corrected chi connectivity index (χ0v) is 19.6. The Balaban J connectivity index is 0.00000103. The molecule has 1 saturated carbocycles. The van der Waals surface area contributed by atoms with Gasteiger partial charge in [-0.25, -0.2) is 0 Å². The van der Waals surface area contributed by atoms with E-state index in [1.165, 1.54) is 6.08 Å². The summed E-state index contributed by atoms with van der Waals surface area (Å²) in [5, 5.41) is 17.7. The zero-order valence-electron chi connectivity index (χ0n) is 18.8. The Morgan fingerprint density at radius 1 is 1.38 bits per heavy atom. The van der Waals surface area contributed by atoms with E-state index in [9.17, 15) is 5.26 Å². The number of carbonyl (C=O) groups excluding carboxylic acids is 1. The predicted molar refractivity (Wildman–Crippen MR) is 129 cm³/mol. The van der Waals surface area contributed by atoms with Crippen molar-refractivity contribution in [3.63, 3.8) is 0 Å². The molecule has 0 radical (unpaired) electrons. The maximum atomic E-state index is 9.91. The fourth-order valence-corrected chi connectivity index (χ4v) is 4.38. The van der Waals surface area contributed by atoms with Gasteiger partial charge in [-0.05, 0) is 31.9 Å². The van der Waals surface area contributed by atoms with Crippen molar-refractivity contribution in [1.82, 2.24) is 9.78 Å². The van der Waals surface area contributed by atoms with Crippen LogP contribution in [-0.4, -0.2) is 35.2 Å². The largest absolute Gasteiger partial charge is 0.401 e. The van der Waals surface area contributed by atoms with Crippen LogP contribution in [0, 0.1) is 11.3 Å². The molecule has 1 atom stereocenters. The third-order valence-electron chi connectivity index (χ3n) is 5.67. The second-order valence-electron chi connectivity index (χ2n) is 7.85. The van der Waals surface area contributed by atoms with Crippen LogP contribution in [0.5, 0.6) is 0 Å². The SMILES string of the molecule is C/C(N)=C(/C=C(\N)Cl)Nc1cccc(-c2cnn(C3CCCC34OCCO4)c2)c1C#N.NC=O. The van der Waals surface area contributed by atoms with Crippen LogP contribution in [0.15, 0.2) is 53.2 Å². The standard InChI is InChI=1S/C22H25ClN6O2.CH3NO/c1-14(25)19(10-21(23)26)28-18-5-2-4-16(17(18)11-24)15-12-27-29(13-15)20-6-3-7-22(20)30-8-9-31-22;2-1-3/h2,4-5,10,12-13,20,28H,3,6-9,25-26H2,1H3;1H,(H2,2,3)/b19-14+,21-10-;. The van der Waals surface area contributed by atoms with E-state index in [-0.39, 0.29) is 17.6 Å². The van der Waals surface area contributed by atoms with Gasteiger partial charge in [0, 0.05) is 29.4 Å². The molecule has 1 aromatic carbocycles. The van der Waals surface area contributed by atoms with Gasteiger partial charge in [0.25, 0.3) is 0 Å². The quantitative estimate of drug-likeness (QED) is 0.284. The number of nitrogens with one attached hydrogen (secondary N) is 1. The third kappa shape index (κ3) is 5.34. The summed E-state index contributed by atoms with van der Waals surface area (Å²) in [7, 11) is 0. The summed E-state index contributed by atoms with van der Waals surface area (Å²) >= 11 is 5.81. The molecule has 1 amide bonds. The first-order chi connectivity index (χ1) is 16.3. The van der Waals surface area contributed by atoms with Crippen LogP contribution in [0.3, 0.4) is 0 Å². The number of amides is 1. The number of anilines is 1. The maximum Gasteiger partial charge on any atom is 0.204 e. The summed E-state index contributed by atoms with van der Waals surface area (Å²) in [5.74, 6) is -0.586. The maximum absolute atomic E-state index is 9.91. The van der Waals surface area contributed by atoms with Gasteiger partial charge >= 0.3 is 0 Å². The fraction of sp³-hybridized carbons (Fsp3) is 0.348. The minimum absolute atomic E-state index is 0.0156. The van der Waals surface area contributed by atoms with Gasteiger partial charge < -0.3 is 32.0 Å². The number of ether oxygens (including phenoxy) is 2. The number of aromatic nitrogens is 2. The van der Waals surface area contributed by atoms with E-state index >= 15 is 0 Å². The average molecular weight is 486 g/mol. The van der Waals surface area contributed by atoms with Crippen molar-refractivity contribution in [2.75, 3.05) is 18.5 Å². The number of rotatable bonds is 5. The van der Waals surface area contributed by atoms with Crippen molar-refractivity contribution in [3.05, 3.63) is 58.8 Å². The molecule has 2 heterocycles. The first-order valence-electron chi connectivity index (χ1n) is 10.7. The van der Waals surface area contributed by atoms with Crippen molar-refractivity contribution >= 4 is 23.7 Å². The molecule has 1 aliphatic heterocycles. The molecule has 1 aliphatic carbocycles. The number of hydrogen-bond donors (Lipinski definition) is 4. The van der Waals surface area contributed by atoms with Crippen LogP contribution in [0.4, 0.5) is 5.69 Å². The first-order valence-corrected chi connectivity index (χ1v) is 11.1. The number of hydrogen-bond acceptors (Lipinski definition) is 8. The molecule has 7 N–H and O–H groups in total. The Morgan fingerprint density at radius 2 is 2.09 bits per heavy atom. The van der Waals surface area contributed by atoms with Crippen LogP contribution in [0.2, 0.25) is 0 Å². The van der Waals surface area contributed by atoms with E-state index in [4.69, 9.17) is 37.3 Å². The van der Waals surface area contributed by atoms with E-state index in [0.717, 1.165) is 30.4 Å². The molecule has 2 fully saturated rings. The summed E-state index contributed by atoms with van der Waals surface area (Å²) < 4.78 is 13.8. The van der Waals surface area contributed by atoms with Gasteiger partial charge in [0.05, 0.1) is 36.4 Å². The molecule has 34 heavy (non-hydrogen) atoms. The van der Waals surface area contributed by atoms with Gasteiger partial charge in [-0.3, -0.25) is 9.48 Å². The van der Waals surface area contributed by atoms with Crippen molar-refractivity contribution in [3.8, 4) is 17.2 Å². The number of benzene rings is 1. The summed E-state index contributed by atoms with van der Waals surface area (Å²) in [6.07, 6.45) is 8.30. The van der Waals surface area contributed by atoms with Gasteiger partial charge in [0.2, 0.25) is 6.41 Å². The Bertz CT molecular complexity index is 1120. The van der Waals surface area contributed by atoms with E-state index in [2.05, 4.69) is 22.2 Å². The topological polar surface area (TPSA) is 167 Å². The molecule has 1 saturated heterocycles. The number of nitrogens with two attached hydrogens (primary N) is 3. The van der Waals surface area contributed by atoms with Gasteiger partial charge in [-0.1, -0.05) is 23.7 Å². The lowest BCUT2D eigenvalue weighted by Crippen LogP contribution is -2.36. The number of carbonyl (C=O) groups is 1. The van der Waals surface area contributed by atoms with Crippen LogP contribution in [0.25, 0.3) is 11.1 Å². The van der Waals surface area contributed by atoms with Gasteiger partial charge in [-0.2, -0.15) is 10.4 Å². The monoisotopic (exact) mass is 485 g/mol. The van der Waals surface area contributed by atoms with E-state index in [1.54, 1.807) is 19.2 Å². The number of nitrogens with zero attached hydrogens (tertiary/aromatic N) is 3. The second kappa shape index (κ2) is 11.1. The molecule has 1 unspecified atom stereocenters. The first kappa shape index (κ1) is 25.1. The lowest BCUT2D eigenvalue weighted by molar-refractivity contribution is -0.177. The molecule has 11 heteroatoms. The molecule has 4 rings (SSSR count). The van der Waals surface area contributed by atoms with Crippen molar-refractivity contribution < 1.29 is 14.3 Å². The summed E-state index contributed by atoms with van der Waals surface area (Å²) in [6.45, 7) is 2.94. The van der Waals surface area contributed by atoms with Crippen molar-refractivity contribution in [1.29, 1.82) is 5.26 Å². The highest BCUT2D eigenvalue weighted by Crippen LogP contribution is 2.45. The molecule has 1 spiro atoms. The fourth-order valence-electron chi connectivity index (χ4n) is 4.27. The van der Waals surface area contributed by atoms with Crippen LogP contribution >= 0.6 is 11.6 Å². The highest BCUT2D eigenvalue weighted by Gasteiger charge is 2.49. The highest BCUT2D eigenvalue weighted by molar-refractivity contribution is 6.29. The number of primary amides is 1. The molecule has 2 aromatic rings. The number of halogens is 1. The summed E-state index contributed by atoms with van der Waals surface area (Å²) in [5.41, 5.74) is 19.4. The van der Waals surface area contributed by atoms with Crippen LogP contribution in [0.1, 0.15) is 37.8 Å². The van der Waals surface area contributed by atoms with E-state index in [0.29, 0.717) is 35.9 Å². The molecule has 2 aliphatic rings. The Morgan fingerprint density at radius 3 is 2.71 bits per heavy atom. The number of nitriles is 1. The average Bonchev–Trinajstić information content (AvgIpc) is 3.55. The molecular formula is C23H28ClN7O3. The van der Waals surface area contributed by atoms with Crippen molar-refractivity contribution in [2.45, 2.75) is 38.0 Å². The smallest absolute Gasteiger partial charge is 0.204 e. The van der Waals surface area contributed by atoms with E-state index in [1.807, 2.05) is 23.0 Å². The Hall–Kier alpha value is -3.52.